The maximum atomic E-state index is 13.0. The van der Waals surface area contributed by atoms with Gasteiger partial charge in [-0.3, -0.25) is 9.59 Å². The van der Waals surface area contributed by atoms with Crippen molar-refractivity contribution in [3.63, 3.8) is 0 Å². The van der Waals surface area contributed by atoms with Gasteiger partial charge in [0.15, 0.2) is 0 Å². The number of nitrogens with one attached hydrogen (secondary N) is 1. The molecule has 1 aromatic heterocycles. The van der Waals surface area contributed by atoms with Crippen molar-refractivity contribution in [1.82, 2.24) is 14.9 Å². The summed E-state index contributed by atoms with van der Waals surface area (Å²) < 4.78 is 7.24. The molecule has 2 aliphatic rings. The van der Waals surface area contributed by atoms with Crippen molar-refractivity contribution in [3.05, 3.63) is 58.4 Å². The van der Waals surface area contributed by atoms with Crippen LogP contribution in [0.25, 0.3) is 0 Å². The number of hydrogen-bond donors (Lipinski definition) is 1. The average Bonchev–Trinajstić information content (AvgIpc) is 3.23. The molecule has 4 rings (SSSR count). The Kier molecular flexibility index (Phi) is 5.50. The SMILES string of the molecule is CC(C)(C)OC(=O)NCc1cc(C(=O)ON2C(=O)c3ccccc3C2=O)c2n1CCCC2. The lowest BCUT2D eigenvalue weighted by Crippen LogP contribution is -2.33. The molecule has 3 heterocycles. The molecule has 32 heavy (non-hydrogen) atoms. The first kappa shape index (κ1) is 21.6. The van der Waals surface area contributed by atoms with Crippen LogP contribution in [0.5, 0.6) is 0 Å². The third-order valence-electron chi connectivity index (χ3n) is 5.30. The quantitative estimate of drug-likeness (QED) is 0.733. The van der Waals surface area contributed by atoms with Gasteiger partial charge in [0.2, 0.25) is 0 Å². The molecular formula is C23H25N3O6. The first-order valence-corrected chi connectivity index (χ1v) is 10.5. The van der Waals surface area contributed by atoms with Crippen molar-refractivity contribution in [3.8, 4) is 0 Å². The summed E-state index contributed by atoms with van der Waals surface area (Å²) in [5.41, 5.74) is 1.54. The number of fused-ring (bicyclic) bond motifs is 2. The highest BCUT2D eigenvalue weighted by atomic mass is 16.7. The minimum absolute atomic E-state index is 0.169. The van der Waals surface area contributed by atoms with E-state index in [1.165, 1.54) is 12.1 Å². The predicted octanol–water partition coefficient (Wildman–Crippen LogP) is 3.22. The lowest BCUT2D eigenvalue weighted by atomic mass is 10.1. The van der Waals surface area contributed by atoms with Crippen LogP contribution in [0.1, 0.15) is 76.1 Å². The molecule has 0 unspecified atom stereocenters. The number of benzene rings is 1. The predicted molar refractivity (Wildman–Crippen MR) is 113 cm³/mol. The molecule has 9 nitrogen and oxygen atoms in total. The first-order chi connectivity index (χ1) is 15.2. The molecule has 0 fully saturated rings. The molecule has 168 valence electrons. The number of nitrogens with zero attached hydrogens (tertiary/aromatic N) is 2. The van der Waals surface area contributed by atoms with E-state index < -0.39 is 29.5 Å². The van der Waals surface area contributed by atoms with Gasteiger partial charge in [0.25, 0.3) is 11.8 Å². The second-order valence-corrected chi connectivity index (χ2v) is 8.79. The Bertz CT molecular complexity index is 1080. The van der Waals surface area contributed by atoms with Gasteiger partial charge in [0.1, 0.15) is 5.60 Å². The van der Waals surface area contributed by atoms with Crippen molar-refractivity contribution in [2.75, 3.05) is 0 Å². The summed E-state index contributed by atoms with van der Waals surface area (Å²) in [6, 6.07) is 7.96. The summed E-state index contributed by atoms with van der Waals surface area (Å²) in [5, 5.41) is 3.22. The van der Waals surface area contributed by atoms with Crippen molar-refractivity contribution < 1.29 is 28.8 Å². The van der Waals surface area contributed by atoms with Gasteiger partial charge < -0.3 is 19.5 Å². The van der Waals surface area contributed by atoms with Gasteiger partial charge in [-0.2, -0.15) is 0 Å². The molecule has 0 atom stereocenters. The lowest BCUT2D eigenvalue weighted by Gasteiger charge is -2.21. The van der Waals surface area contributed by atoms with Crippen LogP contribution in [-0.4, -0.2) is 39.1 Å². The molecular weight excluding hydrogens is 414 g/mol. The number of aromatic nitrogens is 1. The summed E-state index contributed by atoms with van der Waals surface area (Å²) in [6.45, 7) is 6.19. The highest BCUT2D eigenvalue weighted by Gasteiger charge is 2.39. The zero-order chi connectivity index (χ0) is 23.0. The van der Waals surface area contributed by atoms with Gasteiger partial charge in [0, 0.05) is 17.9 Å². The second-order valence-electron chi connectivity index (χ2n) is 8.79. The molecule has 0 aliphatic carbocycles. The van der Waals surface area contributed by atoms with Crippen LogP contribution in [0.15, 0.2) is 30.3 Å². The average molecular weight is 439 g/mol. The van der Waals surface area contributed by atoms with Crippen LogP contribution in [-0.2, 0) is 29.1 Å². The standard InChI is InChI=1S/C23H25N3O6/c1-23(2,3)31-22(30)24-13-14-12-17(18-10-6-7-11-25(14)18)21(29)32-26-19(27)15-8-4-5-9-16(15)20(26)28/h4-5,8-9,12H,6-7,10-11,13H2,1-3H3,(H,24,30). The highest BCUT2D eigenvalue weighted by Crippen LogP contribution is 2.27. The summed E-state index contributed by atoms with van der Waals surface area (Å²) in [7, 11) is 0. The number of alkyl carbamates (subject to hydrolysis) is 1. The van der Waals surface area contributed by atoms with Gasteiger partial charge in [-0.05, 0) is 58.2 Å². The lowest BCUT2D eigenvalue weighted by molar-refractivity contribution is -0.0585. The van der Waals surface area contributed by atoms with Crippen molar-refractivity contribution in [1.29, 1.82) is 0 Å². The zero-order valence-electron chi connectivity index (χ0n) is 18.3. The summed E-state index contributed by atoms with van der Waals surface area (Å²) >= 11 is 0. The molecule has 0 saturated heterocycles. The van der Waals surface area contributed by atoms with E-state index in [2.05, 4.69) is 5.32 Å². The monoisotopic (exact) mass is 439 g/mol. The molecule has 3 amide bonds. The van der Waals surface area contributed by atoms with Crippen LogP contribution < -0.4 is 5.32 Å². The van der Waals surface area contributed by atoms with Crippen LogP contribution in [0.2, 0.25) is 0 Å². The molecule has 0 radical (unpaired) electrons. The van der Waals surface area contributed by atoms with E-state index >= 15 is 0 Å². The Hall–Kier alpha value is -3.62. The zero-order valence-corrected chi connectivity index (χ0v) is 18.3. The minimum atomic E-state index is -0.784. The molecule has 0 saturated carbocycles. The number of carbonyl (C=O) groups is 4. The third-order valence-corrected chi connectivity index (χ3v) is 5.30. The first-order valence-electron chi connectivity index (χ1n) is 10.5. The van der Waals surface area contributed by atoms with Gasteiger partial charge in [0.05, 0.1) is 23.2 Å². The summed E-state index contributed by atoms with van der Waals surface area (Å²) in [5.74, 6) is -2.12. The Morgan fingerprint density at radius 3 is 2.34 bits per heavy atom. The molecule has 1 aromatic carbocycles. The van der Waals surface area contributed by atoms with Crippen LogP contribution in [0.3, 0.4) is 0 Å². The van der Waals surface area contributed by atoms with Gasteiger partial charge in [-0.1, -0.05) is 17.2 Å². The van der Waals surface area contributed by atoms with E-state index in [9.17, 15) is 19.2 Å². The van der Waals surface area contributed by atoms with E-state index in [4.69, 9.17) is 9.57 Å². The molecule has 0 bridgehead atoms. The summed E-state index contributed by atoms with van der Waals surface area (Å²) in [6.07, 6.45) is 1.93. The Balaban J connectivity index is 1.52. The van der Waals surface area contributed by atoms with Crippen LogP contribution in [0, 0.1) is 0 Å². The summed E-state index contributed by atoms with van der Waals surface area (Å²) in [4.78, 5) is 55.3. The van der Waals surface area contributed by atoms with E-state index in [0.717, 1.165) is 24.2 Å². The third kappa shape index (κ3) is 4.10. The van der Waals surface area contributed by atoms with E-state index in [-0.39, 0.29) is 23.2 Å². The molecule has 0 spiro atoms. The number of imide groups is 1. The van der Waals surface area contributed by atoms with Crippen LogP contribution >= 0.6 is 0 Å². The van der Waals surface area contributed by atoms with Crippen molar-refractivity contribution in [2.45, 2.75) is 58.7 Å². The second kappa shape index (κ2) is 8.14. The number of rotatable bonds is 4. The number of carbonyl (C=O) groups excluding carboxylic acids is 4. The normalized spacial score (nSPS) is 15.3. The largest absolute Gasteiger partial charge is 0.444 e. The maximum absolute atomic E-state index is 13.0. The number of ether oxygens (including phenoxy) is 1. The fourth-order valence-corrected chi connectivity index (χ4v) is 3.94. The van der Waals surface area contributed by atoms with Crippen LogP contribution in [0.4, 0.5) is 4.79 Å². The fourth-order valence-electron chi connectivity index (χ4n) is 3.94. The number of hydrogen-bond acceptors (Lipinski definition) is 6. The fraction of sp³-hybridized carbons (Fsp3) is 0.391. The smallest absolute Gasteiger partial charge is 0.407 e. The molecule has 2 aromatic rings. The van der Waals surface area contributed by atoms with Crippen molar-refractivity contribution in [2.24, 2.45) is 0 Å². The van der Waals surface area contributed by atoms with Gasteiger partial charge >= 0.3 is 12.1 Å². The topological polar surface area (TPSA) is 107 Å². The van der Waals surface area contributed by atoms with E-state index in [0.29, 0.717) is 18.0 Å². The number of hydroxylamine groups is 2. The van der Waals surface area contributed by atoms with Gasteiger partial charge in [-0.25, -0.2) is 9.59 Å². The van der Waals surface area contributed by atoms with E-state index in [1.807, 2.05) is 4.57 Å². The molecule has 2 aliphatic heterocycles. The maximum Gasteiger partial charge on any atom is 0.407 e. The van der Waals surface area contributed by atoms with Gasteiger partial charge in [-0.15, -0.1) is 0 Å². The number of amides is 3. The van der Waals surface area contributed by atoms with E-state index in [1.54, 1.807) is 39.0 Å². The Morgan fingerprint density at radius 1 is 1.06 bits per heavy atom. The molecule has 1 N–H and O–H groups in total. The Labute approximate surface area is 185 Å². The van der Waals surface area contributed by atoms with Crippen molar-refractivity contribution >= 4 is 23.9 Å². The minimum Gasteiger partial charge on any atom is -0.444 e. The molecule has 9 heteroatoms. The Morgan fingerprint density at radius 2 is 1.72 bits per heavy atom. The highest BCUT2D eigenvalue weighted by molar-refractivity contribution is 6.21.